The summed E-state index contributed by atoms with van der Waals surface area (Å²) in [6, 6.07) is 4.07. The van der Waals surface area contributed by atoms with Crippen LogP contribution in [-0.2, 0) is 16.0 Å². The van der Waals surface area contributed by atoms with Crippen molar-refractivity contribution in [2.75, 3.05) is 27.9 Å². The molecular weight excluding hydrogens is 246 g/mol. The smallest absolute Gasteiger partial charge is 0.311 e. The summed E-state index contributed by atoms with van der Waals surface area (Å²) < 4.78 is 15.4. The van der Waals surface area contributed by atoms with E-state index in [4.69, 9.17) is 14.2 Å². The van der Waals surface area contributed by atoms with Gasteiger partial charge in [0.2, 0.25) is 0 Å². The molecule has 2 rings (SSSR count). The Morgan fingerprint density at radius 1 is 1.26 bits per heavy atom. The highest BCUT2D eigenvalue weighted by Gasteiger charge is 2.27. The first-order valence-electron chi connectivity index (χ1n) is 6.34. The van der Waals surface area contributed by atoms with Gasteiger partial charge in [0.1, 0.15) is 12.5 Å². The van der Waals surface area contributed by atoms with Crippen molar-refractivity contribution in [2.45, 2.75) is 18.9 Å². The lowest BCUT2D eigenvalue weighted by molar-refractivity contribution is -0.698. The predicted octanol–water partition coefficient (Wildman–Crippen LogP) is 0.427. The van der Waals surface area contributed by atoms with Crippen LogP contribution in [-0.4, -0.2) is 33.8 Å². The van der Waals surface area contributed by atoms with E-state index in [2.05, 4.69) is 5.32 Å². The molecule has 0 saturated carbocycles. The van der Waals surface area contributed by atoms with E-state index in [1.807, 2.05) is 12.1 Å². The molecule has 1 aliphatic rings. The summed E-state index contributed by atoms with van der Waals surface area (Å²) in [5.74, 6) is 1.25. The van der Waals surface area contributed by atoms with Gasteiger partial charge >= 0.3 is 5.97 Å². The number of carbonyl (C=O) groups excluding carboxylic acids is 1. The Morgan fingerprint density at radius 3 is 2.58 bits per heavy atom. The molecule has 1 atom stereocenters. The van der Waals surface area contributed by atoms with Gasteiger partial charge in [0.25, 0.3) is 0 Å². The summed E-state index contributed by atoms with van der Waals surface area (Å²) in [4.78, 5) is 11.5. The third kappa shape index (κ3) is 2.81. The van der Waals surface area contributed by atoms with Crippen molar-refractivity contribution in [3.8, 4) is 11.5 Å². The van der Waals surface area contributed by atoms with Crippen molar-refractivity contribution in [1.29, 1.82) is 0 Å². The van der Waals surface area contributed by atoms with E-state index in [1.54, 1.807) is 14.2 Å². The largest absolute Gasteiger partial charge is 0.493 e. The fourth-order valence-corrected chi connectivity index (χ4v) is 2.52. The maximum absolute atomic E-state index is 11.5. The molecule has 0 amide bonds. The van der Waals surface area contributed by atoms with Crippen molar-refractivity contribution in [1.82, 2.24) is 0 Å². The fourth-order valence-electron chi connectivity index (χ4n) is 2.52. The highest BCUT2D eigenvalue weighted by Crippen LogP contribution is 2.34. The topological polar surface area (TPSA) is 61.4 Å². The standard InChI is InChI=1S/C14H19NO4/c1-17-12-6-9-4-5-15-11(8-14(16)19-3)10(9)7-13(12)18-2/h6-7,11,15H,4-5,8H2,1-3H3/p+1/t11-/m1/s1. The van der Waals surface area contributed by atoms with Crippen molar-refractivity contribution >= 4 is 5.97 Å². The number of hydrogen-bond donors (Lipinski definition) is 1. The molecule has 2 N–H and O–H groups in total. The van der Waals surface area contributed by atoms with Gasteiger partial charge < -0.3 is 19.5 Å². The molecule has 5 nitrogen and oxygen atoms in total. The van der Waals surface area contributed by atoms with Gasteiger partial charge in [0, 0.05) is 12.0 Å². The molecule has 5 heteroatoms. The summed E-state index contributed by atoms with van der Waals surface area (Å²) in [7, 11) is 4.66. The number of methoxy groups -OCH3 is 3. The molecule has 0 saturated heterocycles. The van der Waals surface area contributed by atoms with Crippen LogP contribution in [0.15, 0.2) is 12.1 Å². The second-order valence-corrected chi connectivity index (χ2v) is 4.57. The highest BCUT2D eigenvalue weighted by atomic mass is 16.5. The Morgan fingerprint density at radius 2 is 1.95 bits per heavy atom. The summed E-state index contributed by atoms with van der Waals surface area (Å²) in [5, 5.41) is 2.17. The zero-order valence-corrected chi connectivity index (χ0v) is 11.6. The Kier molecular flexibility index (Phi) is 4.27. The minimum absolute atomic E-state index is 0.0935. The van der Waals surface area contributed by atoms with Crippen LogP contribution in [0.5, 0.6) is 11.5 Å². The first-order chi connectivity index (χ1) is 9.19. The van der Waals surface area contributed by atoms with Crippen LogP contribution >= 0.6 is 0 Å². The lowest BCUT2D eigenvalue weighted by Crippen LogP contribution is -2.87. The molecule has 0 spiro atoms. The van der Waals surface area contributed by atoms with Gasteiger partial charge in [-0.1, -0.05) is 0 Å². The number of nitrogens with two attached hydrogens (primary N) is 1. The number of benzene rings is 1. The number of fused-ring (bicyclic) bond motifs is 1. The summed E-state index contributed by atoms with van der Waals surface area (Å²) in [6.45, 7) is 0.962. The molecule has 1 heterocycles. The van der Waals surface area contributed by atoms with E-state index in [-0.39, 0.29) is 12.0 Å². The lowest BCUT2D eigenvalue weighted by Gasteiger charge is -2.24. The highest BCUT2D eigenvalue weighted by molar-refractivity contribution is 5.70. The molecule has 1 aliphatic heterocycles. The Bertz CT molecular complexity index is 473. The maximum Gasteiger partial charge on any atom is 0.311 e. The number of carbonyl (C=O) groups is 1. The van der Waals surface area contributed by atoms with Crippen molar-refractivity contribution < 1.29 is 24.3 Å². The number of esters is 1. The molecule has 0 radical (unpaired) electrons. The van der Waals surface area contributed by atoms with E-state index in [9.17, 15) is 4.79 Å². The first-order valence-corrected chi connectivity index (χ1v) is 6.34. The van der Waals surface area contributed by atoms with E-state index >= 15 is 0 Å². The average Bonchev–Trinajstić information content (AvgIpc) is 2.45. The maximum atomic E-state index is 11.5. The van der Waals surface area contributed by atoms with Crippen LogP contribution in [0, 0.1) is 0 Å². The second kappa shape index (κ2) is 5.93. The van der Waals surface area contributed by atoms with E-state index in [0.717, 1.165) is 24.3 Å². The predicted molar refractivity (Wildman–Crippen MR) is 69.4 cm³/mol. The van der Waals surface area contributed by atoms with E-state index in [0.29, 0.717) is 12.2 Å². The zero-order chi connectivity index (χ0) is 13.8. The van der Waals surface area contributed by atoms with Gasteiger partial charge in [-0.15, -0.1) is 0 Å². The van der Waals surface area contributed by atoms with Crippen molar-refractivity contribution in [2.24, 2.45) is 0 Å². The summed E-state index contributed by atoms with van der Waals surface area (Å²) >= 11 is 0. The molecule has 0 aromatic heterocycles. The quantitative estimate of drug-likeness (QED) is 0.803. The van der Waals surface area contributed by atoms with Crippen LogP contribution in [0.1, 0.15) is 23.6 Å². The normalized spacial score (nSPS) is 17.5. The van der Waals surface area contributed by atoms with Crippen LogP contribution in [0.25, 0.3) is 0 Å². The first kappa shape index (κ1) is 13.7. The number of rotatable bonds is 4. The molecular formula is C14H20NO4+. The second-order valence-electron chi connectivity index (χ2n) is 4.57. The molecule has 1 aromatic rings. The molecule has 0 fully saturated rings. The van der Waals surface area contributed by atoms with E-state index in [1.165, 1.54) is 12.7 Å². The summed E-state index contributed by atoms with van der Waals surface area (Å²) in [6.07, 6.45) is 1.34. The molecule has 104 valence electrons. The van der Waals surface area contributed by atoms with Crippen LogP contribution in [0.4, 0.5) is 0 Å². The van der Waals surface area contributed by atoms with Gasteiger partial charge in [-0.2, -0.15) is 0 Å². The molecule has 19 heavy (non-hydrogen) atoms. The number of ether oxygens (including phenoxy) is 3. The Labute approximate surface area is 112 Å². The van der Waals surface area contributed by atoms with Gasteiger partial charge in [-0.05, 0) is 17.7 Å². The van der Waals surface area contributed by atoms with Crippen LogP contribution in [0.3, 0.4) is 0 Å². The van der Waals surface area contributed by atoms with E-state index < -0.39 is 0 Å². The molecule has 0 unspecified atom stereocenters. The van der Waals surface area contributed by atoms with Gasteiger partial charge in [0.15, 0.2) is 11.5 Å². The van der Waals surface area contributed by atoms with Gasteiger partial charge in [0.05, 0.1) is 27.9 Å². The Balaban J connectivity index is 2.34. The van der Waals surface area contributed by atoms with Crippen molar-refractivity contribution in [3.05, 3.63) is 23.3 Å². The minimum atomic E-state index is -0.191. The van der Waals surface area contributed by atoms with Crippen LogP contribution in [0.2, 0.25) is 0 Å². The van der Waals surface area contributed by atoms with Crippen molar-refractivity contribution in [3.63, 3.8) is 0 Å². The van der Waals surface area contributed by atoms with Gasteiger partial charge in [-0.25, -0.2) is 0 Å². The lowest BCUT2D eigenvalue weighted by atomic mass is 9.92. The molecule has 0 aliphatic carbocycles. The third-order valence-corrected chi connectivity index (χ3v) is 3.52. The minimum Gasteiger partial charge on any atom is -0.493 e. The molecule has 0 bridgehead atoms. The average molecular weight is 266 g/mol. The summed E-state index contributed by atoms with van der Waals surface area (Å²) in [5.41, 5.74) is 2.35. The SMILES string of the molecule is COC(=O)C[C@H]1[NH2+]CCc2cc(OC)c(OC)cc21. The monoisotopic (exact) mass is 266 g/mol. The molecule has 1 aromatic carbocycles. The van der Waals surface area contributed by atoms with Crippen LogP contribution < -0.4 is 14.8 Å². The number of quaternary nitrogens is 1. The zero-order valence-electron chi connectivity index (χ0n) is 11.6. The Hall–Kier alpha value is -1.75. The number of hydrogen-bond acceptors (Lipinski definition) is 4. The third-order valence-electron chi connectivity index (χ3n) is 3.52. The fraction of sp³-hybridized carbons (Fsp3) is 0.500. The van der Waals surface area contributed by atoms with Gasteiger partial charge in [-0.3, -0.25) is 4.79 Å².